The van der Waals surface area contributed by atoms with Gasteiger partial charge in [-0.1, -0.05) is 12.1 Å². The molecule has 1 aliphatic rings. The quantitative estimate of drug-likeness (QED) is 0.573. The average molecular weight is 245 g/mol. The number of fused-ring (bicyclic) bond motifs is 1. The maximum Gasteiger partial charge on any atom is 0.434 e. The maximum atomic E-state index is 10.8. The van der Waals surface area contributed by atoms with Crippen molar-refractivity contribution < 1.29 is 28.4 Å². The fourth-order valence-electron chi connectivity index (χ4n) is 1.33. The SMILES string of the molecule is CC(=O)OC1O[P](O)(O)Oc2ccccc21. The predicted octanol–water partition coefficient (Wildman–Crippen LogP) is 1.32. The molecule has 0 bridgehead atoms. The van der Waals surface area contributed by atoms with Crippen LogP contribution in [0.25, 0.3) is 0 Å². The van der Waals surface area contributed by atoms with E-state index >= 15 is 0 Å². The first-order valence-electron chi connectivity index (χ1n) is 4.46. The van der Waals surface area contributed by atoms with Crippen LogP contribution >= 0.6 is 8.17 Å². The zero-order valence-electron chi connectivity index (χ0n) is 8.36. The van der Waals surface area contributed by atoms with Gasteiger partial charge in [-0.15, -0.1) is 0 Å². The Morgan fingerprint density at radius 1 is 1.44 bits per heavy atom. The van der Waals surface area contributed by atoms with E-state index in [9.17, 15) is 14.6 Å². The minimum Gasteiger partial charge on any atom is -0.431 e. The Morgan fingerprint density at radius 3 is 2.81 bits per heavy atom. The van der Waals surface area contributed by atoms with Crippen molar-refractivity contribution in [2.45, 2.75) is 13.2 Å². The molecular weight excluding hydrogens is 235 g/mol. The van der Waals surface area contributed by atoms with Gasteiger partial charge in [0.25, 0.3) is 0 Å². The Balaban J connectivity index is 2.35. The normalized spacial score (nSPS) is 21.8. The molecule has 1 aromatic carbocycles. The highest BCUT2D eigenvalue weighted by Crippen LogP contribution is 2.60. The minimum atomic E-state index is -3.96. The third-order valence-electron chi connectivity index (χ3n) is 1.90. The molecule has 2 rings (SSSR count). The summed E-state index contributed by atoms with van der Waals surface area (Å²) in [5, 5.41) is 0. The fourth-order valence-corrected chi connectivity index (χ4v) is 2.20. The summed E-state index contributed by atoms with van der Waals surface area (Å²) >= 11 is 0. The van der Waals surface area contributed by atoms with Crippen LogP contribution in [-0.2, 0) is 14.1 Å². The topological polar surface area (TPSA) is 85.2 Å². The van der Waals surface area contributed by atoms with Crippen molar-refractivity contribution in [3.05, 3.63) is 29.8 Å². The van der Waals surface area contributed by atoms with E-state index in [2.05, 4.69) is 0 Å². The van der Waals surface area contributed by atoms with Crippen LogP contribution in [0.1, 0.15) is 18.8 Å². The number of hydrogen-bond acceptors (Lipinski definition) is 6. The van der Waals surface area contributed by atoms with Crippen molar-refractivity contribution in [3.8, 4) is 5.75 Å². The molecule has 87 valence electrons. The lowest BCUT2D eigenvalue weighted by atomic mass is 10.2. The minimum absolute atomic E-state index is 0.235. The third-order valence-corrected chi connectivity index (χ3v) is 2.80. The number of esters is 1. The zero-order valence-corrected chi connectivity index (χ0v) is 9.26. The smallest absolute Gasteiger partial charge is 0.431 e. The fraction of sp³-hybridized carbons (Fsp3) is 0.222. The van der Waals surface area contributed by atoms with Crippen LogP contribution in [0.15, 0.2) is 24.3 Å². The summed E-state index contributed by atoms with van der Waals surface area (Å²) in [6.07, 6.45) is -1.15. The molecule has 0 spiro atoms. The first kappa shape index (κ1) is 11.3. The van der Waals surface area contributed by atoms with Crippen molar-refractivity contribution >= 4 is 14.1 Å². The number of rotatable bonds is 1. The summed E-state index contributed by atoms with van der Waals surface area (Å²) < 4.78 is 14.4. The van der Waals surface area contributed by atoms with Gasteiger partial charge in [0.1, 0.15) is 5.75 Å². The number of carbonyl (C=O) groups is 1. The second-order valence-electron chi connectivity index (χ2n) is 3.17. The molecule has 0 fully saturated rings. The highest BCUT2D eigenvalue weighted by Gasteiger charge is 2.40. The number of ether oxygens (including phenoxy) is 1. The highest BCUT2D eigenvalue weighted by atomic mass is 31.2. The molecule has 0 aliphatic carbocycles. The lowest BCUT2D eigenvalue weighted by Crippen LogP contribution is -2.20. The molecule has 16 heavy (non-hydrogen) atoms. The Hall–Kier alpha value is -1.20. The second-order valence-corrected chi connectivity index (χ2v) is 4.54. The van der Waals surface area contributed by atoms with E-state index in [1.807, 2.05) is 0 Å². The highest BCUT2D eigenvalue weighted by molar-refractivity contribution is 7.54. The molecule has 1 radical (unpaired) electrons. The van der Waals surface area contributed by atoms with Crippen molar-refractivity contribution in [1.29, 1.82) is 0 Å². The summed E-state index contributed by atoms with van der Waals surface area (Å²) in [6.45, 7) is 1.20. The molecular formula is C9H10O6P. The molecule has 0 aromatic heterocycles. The van der Waals surface area contributed by atoms with Crippen molar-refractivity contribution in [3.63, 3.8) is 0 Å². The Bertz CT molecular complexity index is 418. The zero-order chi connectivity index (χ0) is 11.8. The van der Waals surface area contributed by atoms with Gasteiger partial charge in [0.2, 0.25) is 6.29 Å². The average Bonchev–Trinajstić information content (AvgIpc) is 2.14. The van der Waals surface area contributed by atoms with Crippen molar-refractivity contribution in [2.24, 2.45) is 0 Å². The number of para-hydroxylation sites is 1. The summed E-state index contributed by atoms with van der Waals surface area (Å²) in [5.41, 5.74) is 0.441. The molecule has 6 nitrogen and oxygen atoms in total. The van der Waals surface area contributed by atoms with Crippen LogP contribution in [0.3, 0.4) is 0 Å². The van der Waals surface area contributed by atoms with E-state index in [4.69, 9.17) is 13.8 Å². The second kappa shape index (κ2) is 3.99. The van der Waals surface area contributed by atoms with E-state index in [1.165, 1.54) is 13.0 Å². The largest absolute Gasteiger partial charge is 0.434 e. The molecule has 7 heteroatoms. The lowest BCUT2D eigenvalue weighted by molar-refractivity contribution is -0.166. The van der Waals surface area contributed by atoms with Gasteiger partial charge in [-0.25, -0.2) is 4.52 Å². The molecule has 1 unspecified atom stereocenters. The van der Waals surface area contributed by atoms with Crippen LogP contribution in [-0.4, -0.2) is 15.8 Å². The maximum absolute atomic E-state index is 10.8. The van der Waals surface area contributed by atoms with E-state index in [0.717, 1.165) is 0 Å². The van der Waals surface area contributed by atoms with Gasteiger partial charge in [-0.05, 0) is 12.1 Å². The van der Waals surface area contributed by atoms with E-state index in [1.54, 1.807) is 18.2 Å². The molecule has 0 amide bonds. The van der Waals surface area contributed by atoms with Gasteiger partial charge >= 0.3 is 14.1 Å². The van der Waals surface area contributed by atoms with Crippen LogP contribution in [0, 0.1) is 0 Å². The van der Waals surface area contributed by atoms with E-state index < -0.39 is 20.4 Å². The Labute approximate surface area is 92.0 Å². The van der Waals surface area contributed by atoms with Crippen LogP contribution < -0.4 is 4.52 Å². The Morgan fingerprint density at radius 2 is 2.12 bits per heavy atom. The summed E-state index contributed by atoms with van der Waals surface area (Å²) in [5.74, 6) is -0.347. The Kier molecular flexibility index (Phi) is 2.82. The summed E-state index contributed by atoms with van der Waals surface area (Å²) in [6, 6.07) is 6.51. The van der Waals surface area contributed by atoms with Gasteiger partial charge in [0.15, 0.2) is 0 Å². The van der Waals surface area contributed by atoms with Crippen LogP contribution in [0.5, 0.6) is 5.75 Å². The third kappa shape index (κ3) is 2.31. The number of benzene rings is 1. The van der Waals surface area contributed by atoms with Crippen molar-refractivity contribution in [2.75, 3.05) is 0 Å². The summed E-state index contributed by atoms with van der Waals surface area (Å²) in [4.78, 5) is 29.5. The molecule has 1 heterocycles. The van der Waals surface area contributed by atoms with Gasteiger partial charge in [-0.2, -0.15) is 0 Å². The molecule has 1 atom stereocenters. The van der Waals surface area contributed by atoms with Gasteiger partial charge < -0.3 is 19.0 Å². The monoisotopic (exact) mass is 245 g/mol. The van der Waals surface area contributed by atoms with Gasteiger partial charge in [0, 0.05) is 6.92 Å². The first-order chi connectivity index (χ1) is 7.48. The standard InChI is InChI=1S/C9H10O6P/c1-6(10)13-9-7-4-2-3-5-8(7)14-16(11,12)15-9/h2-5,9,11-12H,1H3. The van der Waals surface area contributed by atoms with Crippen molar-refractivity contribution in [1.82, 2.24) is 0 Å². The lowest BCUT2D eigenvalue weighted by Gasteiger charge is -2.33. The molecule has 0 saturated carbocycles. The summed E-state index contributed by atoms with van der Waals surface area (Å²) in [7, 11) is -3.96. The van der Waals surface area contributed by atoms with Gasteiger partial charge in [0.05, 0.1) is 5.56 Å². The number of carbonyl (C=O) groups excluding carboxylic acids is 1. The van der Waals surface area contributed by atoms with Crippen LogP contribution in [0.4, 0.5) is 0 Å². The van der Waals surface area contributed by atoms with Gasteiger partial charge in [-0.3, -0.25) is 4.79 Å². The molecule has 2 N–H and O–H groups in total. The molecule has 1 aromatic rings. The first-order valence-corrected chi connectivity index (χ1v) is 6.00. The predicted molar refractivity (Wildman–Crippen MR) is 54.0 cm³/mol. The van der Waals surface area contributed by atoms with E-state index in [0.29, 0.717) is 5.56 Å². The molecule has 1 aliphatic heterocycles. The van der Waals surface area contributed by atoms with E-state index in [-0.39, 0.29) is 5.75 Å². The van der Waals surface area contributed by atoms with Crippen LogP contribution in [0.2, 0.25) is 0 Å². The number of hydrogen-bond donors (Lipinski definition) is 2. The molecule has 0 saturated heterocycles.